The highest BCUT2D eigenvalue weighted by Crippen LogP contribution is 2.36. The van der Waals surface area contributed by atoms with Crippen molar-refractivity contribution in [1.29, 1.82) is 0 Å². The smallest absolute Gasteiger partial charge is 0.320 e. The van der Waals surface area contributed by atoms with Gasteiger partial charge in [0.05, 0.1) is 43.6 Å². The van der Waals surface area contributed by atoms with Crippen LogP contribution < -0.4 is 4.90 Å². The summed E-state index contributed by atoms with van der Waals surface area (Å²) in [5, 5.41) is 5.65. The van der Waals surface area contributed by atoms with Gasteiger partial charge in [-0.2, -0.15) is 5.10 Å². The summed E-state index contributed by atoms with van der Waals surface area (Å²) >= 11 is 0. The Labute approximate surface area is 215 Å². The van der Waals surface area contributed by atoms with Gasteiger partial charge in [-0.3, -0.25) is 9.69 Å². The number of rotatable bonds is 6. The molecule has 2 bridgehead atoms. The number of hydrogen-bond donors (Lipinski definition) is 0. The zero-order valence-corrected chi connectivity index (χ0v) is 21.6. The van der Waals surface area contributed by atoms with Crippen LogP contribution in [0, 0.1) is 13.8 Å². The van der Waals surface area contributed by atoms with Crippen molar-refractivity contribution in [1.82, 2.24) is 24.6 Å². The number of alkyl halides is 1. The zero-order valence-electron chi connectivity index (χ0n) is 21.6. The molecule has 3 fully saturated rings. The maximum Gasteiger partial charge on any atom is 0.320 e. The molecule has 9 nitrogen and oxygen atoms in total. The van der Waals surface area contributed by atoms with Gasteiger partial charge in [0.25, 0.3) is 0 Å². The molecule has 10 heteroatoms. The molecular formula is C27H33FN6O3. The van der Waals surface area contributed by atoms with Gasteiger partial charge in [0, 0.05) is 30.5 Å². The molecule has 2 aromatic heterocycles. The molecule has 3 aliphatic rings. The average Bonchev–Trinajstić information content (AvgIpc) is 3.59. The van der Waals surface area contributed by atoms with E-state index in [0.717, 1.165) is 47.4 Å². The van der Waals surface area contributed by atoms with Gasteiger partial charge in [-0.25, -0.2) is 19.0 Å². The van der Waals surface area contributed by atoms with Crippen molar-refractivity contribution >= 4 is 22.7 Å². The van der Waals surface area contributed by atoms with Gasteiger partial charge in [0.1, 0.15) is 17.8 Å². The van der Waals surface area contributed by atoms with Gasteiger partial charge in [0.15, 0.2) is 5.82 Å². The maximum absolute atomic E-state index is 15.4. The molecule has 37 heavy (non-hydrogen) atoms. The second-order valence-electron chi connectivity index (χ2n) is 10.4. The summed E-state index contributed by atoms with van der Waals surface area (Å²) in [6.07, 6.45) is 2.71. The number of fused-ring (bicyclic) bond motifs is 3. The number of aromatic nitrogens is 4. The van der Waals surface area contributed by atoms with Crippen molar-refractivity contribution in [3.63, 3.8) is 0 Å². The van der Waals surface area contributed by atoms with Crippen molar-refractivity contribution in [2.45, 2.75) is 57.8 Å². The van der Waals surface area contributed by atoms with Gasteiger partial charge in [-0.05, 0) is 63.4 Å². The number of halogens is 1. The third-order valence-electron chi connectivity index (χ3n) is 7.86. The highest BCUT2D eigenvalue weighted by Gasteiger charge is 2.40. The fraction of sp³-hybridized carbons (Fsp3) is 0.556. The van der Waals surface area contributed by atoms with E-state index in [0.29, 0.717) is 37.3 Å². The first-order chi connectivity index (χ1) is 17.9. The number of nitrogens with zero attached hydrogens (tertiary/aromatic N) is 6. The summed E-state index contributed by atoms with van der Waals surface area (Å²) in [5.74, 6) is 1.74. The number of carbonyl (C=O) groups is 1. The van der Waals surface area contributed by atoms with Crippen LogP contribution in [-0.2, 0) is 14.3 Å². The van der Waals surface area contributed by atoms with Gasteiger partial charge in [0.2, 0.25) is 0 Å². The number of piperidine rings is 1. The summed E-state index contributed by atoms with van der Waals surface area (Å²) in [6.45, 7) is 8.62. The molecule has 0 spiro atoms. The first kappa shape index (κ1) is 24.2. The second-order valence-corrected chi connectivity index (χ2v) is 10.4. The van der Waals surface area contributed by atoms with Crippen molar-refractivity contribution < 1.29 is 18.7 Å². The Balaban J connectivity index is 1.29. The molecule has 6 rings (SSSR count). The van der Waals surface area contributed by atoms with Gasteiger partial charge in [-0.15, -0.1) is 0 Å². The van der Waals surface area contributed by atoms with Crippen molar-refractivity contribution in [2.24, 2.45) is 0 Å². The molecule has 3 saturated heterocycles. The SMILES string of the molecule is CCOC(=O)CN1CC[C@H](c2cc3c(cnn3-c3cc(N4C[C@H]5C[C@@H]4CO5)nc(C)n3)cc2C)[C@H](F)C1. The van der Waals surface area contributed by atoms with E-state index in [9.17, 15) is 4.79 Å². The van der Waals surface area contributed by atoms with Gasteiger partial charge >= 0.3 is 5.97 Å². The second kappa shape index (κ2) is 9.64. The van der Waals surface area contributed by atoms with E-state index in [-0.39, 0.29) is 31.1 Å². The normalized spacial score (nSPS) is 25.8. The molecule has 4 atom stereocenters. The van der Waals surface area contributed by atoms with Crippen LogP contribution in [0.25, 0.3) is 16.7 Å². The molecule has 0 saturated carbocycles. The lowest BCUT2D eigenvalue weighted by Gasteiger charge is -2.35. The molecule has 0 radical (unpaired) electrons. The summed E-state index contributed by atoms with van der Waals surface area (Å²) in [5.41, 5.74) is 2.93. The highest BCUT2D eigenvalue weighted by atomic mass is 19.1. The lowest BCUT2D eigenvalue weighted by molar-refractivity contribution is -0.145. The summed E-state index contributed by atoms with van der Waals surface area (Å²) in [4.78, 5) is 25.4. The van der Waals surface area contributed by atoms with Crippen LogP contribution in [0.3, 0.4) is 0 Å². The van der Waals surface area contributed by atoms with Crippen molar-refractivity contribution in [3.05, 3.63) is 41.3 Å². The van der Waals surface area contributed by atoms with Gasteiger partial charge in [-0.1, -0.05) is 0 Å². The Kier molecular flexibility index (Phi) is 6.32. The average molecular weight is 509 g/mol. The molecule has 0 unspecified atom stereocenters. The molecule has 5 heterocycles. The predicted molar refractivity (Wildman–Crippen MR) is 137 cm³/mol. The number of anilines is 1. The largest absolute Gasteiger partial charge is 0.465 e. The van der Waals surface area contributed by atoms with Crippen molar-refractivity contribution in [3.8, 4) is 5.82 Å². The molecule has 196 valence electrons. The number of hydrogen-bond acceptors (Lipinski definition) is 8. The third-order valence-corrected chi connectivity index (χ3v) is 7.86. The fourth-order valence-electron chi connectivity index (χ4n) is 6.11. The first-order valence-corrected chi connectivity index (χ1v) is 13.1. The van der Waals surface area contributed by atoms with Crippen LogP contribution in [0.15, 0.2) is 24.4 Å². The number of carbonyl (C=O) groups excluding carboxylic acids is 1. The monoisotopic (exact) mass is 508 g/mol. The molecule has 0 N–H and O–H groups in total. The standard InChI is InChI=1S/C27H33FN6O3/c1-4-36-27(35)14-32-6-5-21(23(28)13-32)22-9-24-18(7-16(22)2)11-29-34(24)26-10-25(30-17(3)31-26)33-12-20-8-19(33)15-37-20/h7,9-11,19-21,23H,4-6,8,12-15H2,1-3H3/t19-,20-,21-,23-/m1/s1. The fourth-order valence-corrected chi connectivity index (χ4v) is 6.11. The topological polar surface area (TPSA) is 85.6 Å². The van der Waals surface area contributed by atoms with E-state index in [4.69, 9.17) is 19.4 Å². The zero-order chi connectivity index (χ0) is 25.7. The first-order valence-electron chi connectivity index (χ1n) is 13.1. The number of likely N-dealkylation sites (tertiary alicyclic amines) is 1. The van der Waals surface area contributed by atoms with Crippen LogP contribution in [0.1, 0.15) is 42.6 Å². The van der Waals surface area contributed by atoms with E-state index < -0.39 is 6.17 Å². The van der Waals surface area contributed by atoms with E-state index in [1.54, 1.807) is 6.92 Å². The molecule has 3 aromatic rings. The van der Waals surface area contributed by atoms with Crippen LogP contribution >= 0.6 is 0 Å². The minimum absolute atomic E-state index is 0.131. The Hall–Kier alpha value is -3.11. The highest BCUT2D eigenvalue weighted by molar-refractivity contribution is 5.82. The number of morpholine rings is 1. The predicted octanol–water partition coefficient (Wildman–Crippen LogP) is 3.10. The lowest BCUT2D eigenvalue weighted by Crippen LogP contribution is -2.43. The van der Waals surface area contributed by atoms with Crippen LogP contribution in [-0.4, -0.2) is 88.3 Å². The van der Waals surface area contributed by atoms with Gasteiger partial charge < -0.3 is 14.4 Å². The summed E-state index contributed by atoms with van der Waals surface area (Å²) < 4.78 is 28.1. The Morgan fingerprint density at radius 1 is 1.19 bits per heavy atom. The summed E-state index contributed by atoms with van der Waals surface area (Å²) in [7, 11) is 0. The maximum atomic E-state index is 15.4. The van der Waals surface area contributed by atoms with Crippen LogP contribution in [0.5, 0.6) is 0 Å². The molecular weight excluding hydrogens is 475 g/mol. The lowest BCUT2D eigenvalue weighted by atomic mass is 9.85. The van der Waals surface area contributed by atoms with E-state index in [1.807, 2.05) is 35.7 Å². The third kappa shape index (κ3) is 4.57. The number of esters is 1. The molecule has 0 aliphatic carbocycles. The Bertz CT molecular complexity index is 1330. The van der Waals surface area contributed by atoms with Crippen molar-refractivity contribution in [2.75, 3.05) is 44.3 Å². The van der Waals surface area contributed by atoms with E-state index >= 15 is 4.39 Å². The van der Waals surface area contributed by atoms with E-state index in [1.165, 1.54) is 0 Å². The Morgan fingerprint density at radius 3 is 2.76 bits per heavy atom. The minimum Gasteiger partial charge on any atom is -0.465 e. The number of aryl methyl sites for hydroxylation is 2. The van der Waals surface area contributed by atoms with Crippen LogP contribution in [0.4, 0.5) is 10.2 Å². The number of benzene rings is 1. The quantitative estimate of drug-likeness (QED) is 0.470. The van der Waals surface area contributed by atoms with Crippen LogP contribution in [0.2, 0.25) is 0 Å². The van der Waals surface area contributed by atoms with E-state index in [2.05, 4.69) is 22.1 Å². The molecule has 0 amide bonds. The Morgan fingerprint density at radius 2 is 2.03 bits per heavy atom. The molecule has 1 aromatic carbocycles. The molecule has 3 aliphatic heterocycles. The minimum atomic E-state index is -1.07. The number of ether oxygens (including phenoxy) is 2. The summed E-state index contributed by atoms with van der Waals surface area (Å²) in [6, 6.07) is 6.49.